The average Bonchev–Trinajstić information content (AvgIpc) is 3.07. The predicted molar refractivity (Wildman–Crippen MR) is 91.5 cm³/mol. The Morgan fingerprint density at radius 2 is 2.12 bits per heavy atom. The SMILES string of the molecule is CC1CN(CC(O)COc2cccc(-n3ccnc3)c2)CC(C)O1. The van der Waals surface area contributed by atoms with E-state index in [0.717, 1.165) is 24.5 Å². The number of β-amino-alcohol motifs (C(OH)–C–C–N with tert-alkyl or cyclic N) is 1. The van der Waals surface area contributed by atoms with Gasteiger partial charge in [0.2, 0.25) is 0 Å². The van der Waals surface area contributed by atoms with Crippen molar-refractivity contribution in [1.29, 1.82) is 0 Å². The predicted octanol–water partition coefficient (Wildman–Crippen LogP) is 1.72. The molecule has 1 aliphatic heterocycles. The number of morpholine rings is 1. The largest absolute Gasteiger partial charge is 0.491 e. The lowest BCUT2D eigenvalue weighted by atomic mass is 10.2. The van der Waals surface area contributed by atoms with E-state index in [0.29, 0.717) is 6.54 Å². The lowest BCUT2D eigenvalue weighted by molar-refractivity contribution is -0.0786. The molecule has 3 atom stereocenters. The fourth-order valence-corrected chi connectivity index (χ4v) is 3.12. The van der Waals surface area contributed by atoms with E-state index < -0.39 is 6.10 Å². The molecule has 130 valence electrons. The molecule has 0 amide bonds. The zero-order chi connectivity index (χ0) is 16.9. The highest BCUT2D eigenvalue weighted by Crippen LogP contribution is 2.17. The number of hydrogen-bond acceptors (Lipinski definition) is 5. The summed E-state index contributed by atoms with van der Waals surface area (Å²) in [4.78, 5) is 6.28. The van der Waals surface area contributed by atoms with E-state index in [-0.39, 0.29) is 18.8 Å². The van der Waals surface area contributed by atoms with Crippen LogP contribution in [0.15, 0.2) is 43.0 Å². The number of hydrogen-bond donors (Lipinski definition) is 1. The molecule has 1 fully saturated rings. The molecule has 0 radical (unpaired) electrons. The number of aromatic nitrogens is 2. The van der Waals surface area contributed by atoms with Gasteiger partial charge in [0, 0.05) is 38.1 Å². The Hall–Kier alpha value is -1.89. The second kappa shape index (κ2) is 7.79. The van der Waals surface area contributed by atoms with Gasteiger partial charge in [0.25, 0.3) is 0 Å². The van der Waals surface area contributed by atoms with Crippen LogP contribution in [0.25, 0.3) is 5.69 Å². The smallest absolute Gasteiger partial charge is 0.121 e. The summed E-state index contributed by atoms with van der Waals surface area (Å²) in [6.45, 7) is 6.68. The first-order valence-corrected chi connectivity index (χ1v) is 8.37. The maximum absolute atomic E-state index is 10.3. The summed E-state index contributed by atoms with van der Waals surface area (Å²) in [5.41, 5.74) is 0.982. The summed E-state index contributed by atoms with van der Waals surface area (Å²) in [6.07, 6.45) is 5.24. The van der Waals surface area contributed by atoms with Crippen LogP contribution in [-0.2, 0) is 4.74 Å². The van der Waals surface area contributed by atoms with Gasteiger partial charge in [0.15, 0.2) is 0 Å². The third-order valence-electron chi connectivity index (χ3n) is 4.03. The number of imidazole rings is 1. The van der Waals surface area contributed by atoms with E-state index in [9.17, 15) is 5.11 Å². The van der Waals surface area contributed by atoms with Crippen molar-refractivity contribution in [3.05, 3.63) is 43.0 Å². The average molecular weight is 331 g/mol. The highest BCUT2D eigenvalue weighted by molar-refractivity contribution is 5.39. The first-order chi connectivity index (χ1) is 11.6. The molecule has 3 unspecified atom stereocenters. The lowest BCUT2D eigenvalue weighted by Crippen LogP contribution is -2.48. The molecular formula is C18H25N3O3. The third-order valence-corrected chi connectivity index (χ3v) is 4.03. The Labute approximate surface area is 142 Å². The van der Waals surface area contributed by atoms with Crippen LogP contribution in [0.5, 0.6) is 5.75 Å². The van der Waals surface area contributed by atoms with Crippen LogP contribution in [0.3, 0.4) is 0 Å². The van der Waals surface area contributed by atoms with Crippen LogP contribution in [-0.4, -0.2) is 64.1 Å². The third kappa shape index (κ3) is 4.56. The molecule has 1 aromatic carbocycles. The molecule has 2 aromatic rings. The normalized spacial score (nSPS) is 23.1. The second-order valence-electron chi connectivity index (χ2n) is 6.41. The summed E-state index contributed by atoms with van der Waals surface area (Å²) < 4.78 is 13.4. The van der Waals surface area contributed by atoms with Crippen LogP contribution in [0.2, 0.25) is 0 Å². The minimum absolute atomic E-state index is 0.203. The van der Waals surface area contributed by atoms with Crippen molar-refractivity contribution in [3.8, 4) is 11.4 Å². The fourth-order valence-electron chi connectivity index (χ4n) is 3.12. The maximum atomic E-state index is 10.3. The molecule has 1 aromatic heterocycles. The van der Waals surface area contributed by atoms with Gasteiger partial charge in [-0.1, -0.05) is 6.07 Å². The zero-order valence-electron chi connectivity index (χ0n) is 14.2. The molecular weight excluding hydrogens is 306 g/mol. The Morgan fingerprint density at radius 1 is 1.33 bits per heavy atom. The monoisotopic (exact) mass is 331 g/mol. The number of aliphatic hydroxyl groups is 1. The van der Waals surface area contributed by atoms with Crippen molar-refractivity contribution in [2.45, 2.75) is 32.2 Å². The van der Waals surface area contributed by atoms with E-state index in [4.69, 9.17) is 9.47 Å². The summed E-state index contributed by atoms with van der Waals surface area (Å²) in [5, 5.41) is 10.3. The van der Waals surface area contributed by atoms with Gasteiger partial charge in [-0.15, -0.1) is 0 Å². The van der Waals surface area contributed by atoms with Gasteiger partial charge < -0.3 is 19.1 Å². The van der Waals surface area contributed by atoms with E-state index in [1.54, 1.807) is 12.5 Å². The number of nitrogens with zero attached hydrogens (tertiary/aromatic N) is 3. The molecule has 3 rings (SSSR count). The van der Waals surface area contributed by atoms with E-state index >= 15 is 0 Å². The first-order valence-electron chi connectivity index (χ1n) is 8.37. The van der Waals surface area contributed by atoms with Crippen LogP contribution in [0.1, 0.15) is 13.8 Å². The minimum Gasteiger partial charge on any atom is -0.491 e. The molecule has 0 spiro atoms. The molecule has 0 aliphatic carbocycles. The van der Waals surface area contributed by atoms with Crippen molar-refractivity contribution >= 4 is 0 Å². The Bertz CT molecular complexity index is 622. The summed E-state index contributed by atoms with van der Waals surface area (Å²) in [7, 11) is 0. The minimum atomic E-state index is -0.528. The molecule has 6 nitrogen and oxygen atoms in total. The maximum Gasteiger partial charge on any atom is 0.121 e. The number of rotatable bonds is 6. The first kappa shape index (κ1) is 17.0. The van der Waals surface area contributed by atoms with Crippen molar-refractivity contribution in [3.63, 3.8) is 0 Å². The van der Waals surface area contributed by atoms with Crippen molar-refractivity contribution in [2.24, 2.45) is 0 Å². The van der Waals surface area contributed by atoms with Crippen LogP contribution < -0.4 is 4.74 Å². The van der Waals surface area contributed by atoms with Crippen molar-refractivity contribution < 1.29 is 14.6 Å². The summed E-state index contributed by atoms with van der Waals surface area (Å²) in [5.74, 6) is 0.740. The van der Waals surface area contributed by atoms with Gasteiger partial charge in [0.05, 0.1) is 24.2 Å². The molecule has 0 bridgehead atoms. The Kier molecular flexibility index (Phi) is 5.50. The number of benzene rings is 1. The van der Waals surface area contributed by atoms with Gasteiger partial charge in [-0.05, 0) is 26.0 Å². The Balaban J connectivity index is 1.51. The van der Waals surface area contributed by atoms with Crippen molar-refractivity contribution in [2.75, 3.05) is 26.2 Å². The Morgan fingerprint density at radius 3 is 2.83 bits per heavy atom. The second-order valence-corrected chi connectivity index (χ2v) is 6.41. The van der Waals surface area contributed by atoms with E-state index in [1.807, 2.05) is 35.0 Å². The number of ether oxygens (including phenoxy) is 2. The van der Waals surface area contributed by atoms with Crippen molar-refractivity contribution in [1.82, 2.24) is 14.5 Å². The van der Waals surface area contributed by atoms with Gasteiger partial charge in [-0.2, -0.15) is 0 Å². The quantitative estimate of drug-likeness (QED) is 0.873. The molecule has 1 aliphatic rings. The fraction of sp³-hybridized carbons (Fsp3) is 0.500. The lowest BCUT2D eigenvalue weighted by Gasteiger charge is -2.36. The number of aliphatic hydroxyl groups excluding tert-OH is 1. The van der Waals surface area contributed by atoms with Gasteiger partial charge in [-0.25, -0.2) is 4.98 Å². The highest BCUT2D eigenvalue weighted by Gasteiger charge is 2.23. The molecule has 0 saturated carbocycles. The van der Waals surface area contributed by atoms with Gasteiger partial charge in [-0.3, -0.25) is 4.90 Å². The van der Waals surface area contributed by atoms with Gasteiger partial charge >= 0.3 is 0 Å². The van der Waals surface area contributed by atoms with Crippen LogP contribution in [0, 0.1) is 0 Å². The topological polar surface area (TPSA) is 59.8 Å². The highest BCUT2D eigenvalue weighted by atomic mass is 16.5. The molecule has 6 heteroatoms. The van der Waals surface area contributed by atoms with Gasteiger partial charge in [0.1, 0.15) is 18.5 Å². The van der Waals surface area contributed by atoms with Crippen LogP contribution in [0.4, 0.5) is 0 Å². The molecule has 24 heavy (non-hydrogen) atoms. The van der Waals surface area contributed by atoms with E-state index in [1.165, 1.54) is 0 Å². The summed E-state index contributed by atoms with van der Waals surface area (Å²) >= 11 is 0. The summed E-state index contributed by atoms with van der Waals surface area (Å²) in [6, 6.07) is 7.75. The molecule has 2 heterocycles. The standard InChI is InChI=1S/C18H25N3O3/c1-14-9-20(10-15(2)24-14)11-17(22)12-23-18-5-3-4-16(8-18)21-7-6-19-13-21/h3-8,13-15,17,22H,9-12H2,1-2H3. The molecule has 1 N–H and O–H groups in total. The zero-order valence-corrected chi connectivity index (χ0v) is 14.2. The van der Waals surface area contributed by atoms with E-state index in [2.05, 4.69) is 23.7 Å². The molecule has 1 saturated heterocycles. The van der Waals surface area contributed by atoms with Crippen LogP contribution >= 0.6 is 0 Å².